The van der Waals surface area contributed by atoms with Crippen molar-refractivity contribution in [3.05, 3.63) is 60.4 Å². The molecule has 2 aromatic carbocycles. The van der Waals surface area contributed by atoms with Crippen LogP contribution in [0.25, 0.3) is 22.2 Å². The van der Waals surface area contributed by atoms with Crippen molar-refractivity contribution >= 4 is 10.8 Å². The number of benzene rings is 2. The third-order valence-corrected chi connectivity index (χ3v) is 4.85. The minimum Gasteiger partial charge on any atom is -0.393 e. The van der Waals surface area contributed by atoms with Crippen LogP contribution in [0.5, 0.6) is 0 Å². The van der Waals surface area contributed by atoms with Crippen molar-refractivity contribution in [1.29, 1.82) is 0 Å². The fourth-order valence-electron chi connectivity index (χ4n) is 3.46. The summed E-state index contributed by atoms with van der Waals surface area (Å²) in [4.78, 5) is 11.2. The van der Waals surface area contributed by atoms with E-state index in [9.17, 15) is 10.2 Å². The SMILES string of the molecule is OCC1(O)CCN(Cc2cnc(-c3cccc4ccccc34)nc2)C1. The number of hydrogen-bond acceptors (Lipinski definition) is 5. The summed E-state index contributed by atoms with van der Waals surface area (Å²) in [5, 5.41) is 21.7. The first-order valence-corrected chi connectivity index (χ1v) is 8.52. The molecule has 1 aliphatic rings. The van der Waals surface area contributed by atoms with Crippen molar-refractivity contribution in [3.8, 4) is 11.4 Å². The summed E-state index contributed by atoms with van der Waals surface area (Å²) < 4.78 is 0. The Balaban J connectivity index is 1.54. The highest BCUT2D eigenvalue weighted by Crippen LogP contribution is 2.26. The number of aliphatic hydroxyl groups is 2. The van der Waals surface area contributed by atoms with E-state index in [0.29, 0.717) is 25.3 Å². The smallest absolute Gasteiger partial charge is 0.159 e. The molecular weight excluding hydrogens is 314 g/mol. The molecule has 1 aliphatic heterocycles. The minimum atomic E-state index is -0.969. The minimum absolute atomic E-state index is 0.194. The number of β-amino-alcohol motifs (C(OH)–C–C–N with tert-alkyl or cyclic N) is 1. The second-order valence-electron chi connectivity index (χ2n) is 6.78. The Bertz CT molecular complexity index is 876. The predicted molar refractivity (Wildman–Crippen MR) is 96.9 cm³/mol. The van der Waals surface area contributed by atoms with Gasteiger partial charge in [0.1, 0.15) is 5.60 Å². The zero-order chi connectivity index (χ0) is 17.3. The molecule has 2 heterocycles. The van der Waals surface area contributed by atoms with E-state index in [1.54, 1.807) is 0 Å². The first-order valence-electron chi connectivity index (χ1n) is 8.52. The molecule has 1 atom stereocenters. The lowest BCUT2D eigenvalue weighted by Gasteiger charge is -2.20. The highest BCUT2D eigenvalue weighted by molar-refractivity contribution is 5.94. The molecule has 1 saturated heterocycles. The Morgan fingerprint density at radius 1 is 1.04 bits per heavy atom. The standard InChI is InChI=1S/C20H21N3O2/c24-14-20(25)8-9-23(13-20)12-15-10-21-19(22-11-15)18-7-3-5-16-4-1-2-6-17(16)18/h1-7,10-11,24-25H,8-9,12-14H2. The summed E-state index contributed by atoms with van der Waals surface area (Å²) in [6, 6.07) is 14.4. The van der Waals surface area contributed by atoms with E-state index in [0.717, 1.165) is 23.1 Å². The number of aliphatic hydroxyl groups excluding tert-OH is 1. The number of fused-ring (bicyclic) bond motifs is 1. The average molecular weight is 335 g/mol. The van der Waals surface area contributed by atoms with Gasteiger partial charge in [-0.1, -0.05) is 42.5 Å². The normalized spacial score (nSPS) is 21.0. The number of nitrogens with zero attached hydrogens (tertiary/aromatic N) is 3. The first-order chi connectivity index (χ1) is 12.2. The van der Waals surface area contributed by atoms with Crippen LogP contribution < -0.4 is 0 Å². The molecule has 2 N–H and O–H groups in total. The third-order valence-electron chi connectivity index (χ3n) is 4.85. The molecule has 5 heteroatoms. The van der Waals surface area contributed by atoms with Gasteiger partial charge in [-0.25, -0.2) is 9.97 Å². The van der Waals surface area contributed by atoms with Gasteiger partial charge in [0.05, 0.1) is 6.61 Å². The maximum atomic E-state index is 10.1. The monoisotopic (exact) mass is 335 g/mol. The summed E-state index contributed by atoms with van der Waals surface area (Å²) in [5.41, 5.74) is 1.07. The fourth-order valence-corrected chi connectivity index (χ4v) is 3.46. The summed E-state index contributed by atoms with van der Waals surface area (Å²) in [5.74, 6) is 0.717. The molecule has 128 valence electrons. The maximum Gasteiger partial charge on any atom is 0.159 e. The second kappa shape index (κ2) is 6.52. The number of aromatic nitrogens is 2. The average Bonchev–Trinajstić information content (AvgIpc) is 3.03. The highest BCUT2D eigenvalue weighted by atomic mass is 16.3. The topological polar surface area (TPSA) is 69.5 Å². The van der Waals surface area contributed by atoms with Crippen LogP contribution in [0, 0.1) is 0 Å². The van der Waals surface area contributed by atoms with Crippen LogP contribution in [0.3, 0.4) is 0 Å². The molecule has 0 aliphatic carbocycles. The fraction of sp³-hybridized carbons (Fsp3) is 0.300. The van der Waals surface area contributed by atoms with E-state index < -0.39 is 5.60 Å². The molecule has 4 rings (SSSR count). The van der Waals surface area contributed by atoms with Gasteiger partial charge in [0.15, 0.2) is 5.82 Å². The molecule has 1 aromatic heterocycles. The maximum absolute atomic E-state index is 10.1. The van der Waals surface area contributed by atoms with Crippen LogP contribution in [0.15, 0.2) is 54.9 Å². The van der Waals surface area contributed by atoms with Crippen molar-refractivity contribution in [3.63, 3.8) is 0 Å². The molecule has 0 spiro atoms. The van der Waals surface area contributed by atoms with Crippen LogP contribution in [0.1, 0.15) is 12.0 Å². The highest BCUT2D eigenvalue weighted by Gasteiger charge is 2.35. The van der Waals surface area contributed by atoms with Crippen LogP contribution >= 0.6 is 0 Å². The first kappa shape index (κ1) is 16.1. The molecule has 0 amide bonds. The van der Waals surface area contributed by atoms with Gasteiger partial charge in [-0.2, -0.15) is 0 Å². The molecule has 5 nitrogen and oxygen atoms in total. The largest absolute Gasteiger partial charge is 0.393 e. The summed E-state index contributed by atoms with van der Waals surface area (Å²) in [7, 11) is 0. The summed E-state index contributed by atoms with van der Waals surface area (Å²) in [6.07, 6.45) is 4.29. The van der Waals surface area contributed by atoms with Gasteiger partial charge in [0.2, 0.25) is 0 Å². The van der Waals surface area contributed by atoms with Crippen LogP contribution in [-0.4, -0.2) is 50.4 Å². The molecule has 0 bridgehead atoms. The van der Waals surface area contributed by atoms with Crippen LogP contribution in [0.2, 0.25) is 0 Å². The lowest BCUT2D eigenvalue weighted by molar-refractivity contribution is -0.00581. The van der Waals surface area contributed by atoms with Crippen molar-refractivity contribution < 1.29 is 10.2 Å². The summed E-state index contributed by atoms with van der Waals surface area (Å²) >= 11 is 0. The molecular formula is C20H21N3O2. The van der Waals surface area contributed by atoms with E-state index in [4.69, 9.17) is 0 Å². The molecule has 1 fully saturated rings. The van der Waals surface area contributed by atoms with Crippen molar-refractivity contribution in [2.75, 3.05) is 19.7 Å². The Morgan fingerprint density at radius 2 is 1.80 bits per heavy atom. The van der Waals surface area contributed by atoms with Crippen molar-refractivity contribution in [2.45, 2.75) is 18.6 Å². The lowest BCUT2D eigenvalue weighted by atomic mass is 10.0. The molecule has 25 heavy (non-hydrogen) atoms. The van der Waals surface area contributed by atoms with E-state index >= 15 is 0 Å². The Labute approximate surface area is 146 Å². The lowest BCUT2D eigenvalue weighted by Crippen LogP contribution is -2.36. The third kappa shape index (κ3) is 3.26. The molecule has 0 radical (unpaired) electrons. The number of rotatable bonds is 4. The van der Waals surface area contributed by atoms with Gasteiger partial charge in [-0.05, 0) is 17.2 Å². The number of likely N-dealkylation sites (tertiary alicyclic amines) is 1. The predicted octanol–water partition coefficient (Wildman–Crippen LogP) is 2.23. The van der Waals surface area contributed by atoms with E-state index in [1.165, 1.54) is 5.39 Å². The molecule has 1 unspecified atom stereocenters. The quantitative estimate of drug-likeness (QED) is 0.765. The van der Waals surface area contributed by atoms with Crippen molar-refractivity contribution in [1.82, 2.24) is 14.9 Å². The van der Waals surface area contributed by atoms with Gasteiger partial charge in [0, 0.05) is 43.2 Å². The second-order valence-corrected chi connectivity index (χ2v) is 6.78. The van der Waals surface area contributed by atoms with Gasteiger partial charge in [0.25, 0.3) is 0 Å². The van der Waals surface area contributed by atoms with Crippen LogP contribution in [0.4, 0.5) is 0 Å². The van der Waals surface area contributed by atoms with Crippen LogP contribution in [-0.2, 0) is 6.54 Å². The Morgan fingerprint density at radius 3 is 2.56 bits per heavy atom. The Kier molecular flexibility index (Phi) is 4.21. The summed E-state index contributed by atoms with van der Waals surface area (Å²) in [6.45, 7) is 1.73. The van der Waals surface area contributed by atoms with E-state index in [2.05, 4.69) is 33.1 Å². The van der Waals surface area contributed by atoms with Gasteiger partial charge in [-0.3, -0.25) is 4.90 Å². The van der Waals surface area contributed by atoms with Gasteiger partial charge in [-0.15, -0.1) is 0 Å². The molecule has 3 aromatic rings. The Hall–Kier alpha value is -2.34. The van der Waals surface area contributed by atoms with E-state index in [1.807, 2.05) is 36.7 Å². The van der Waals surface area contributed by atoms with Gasteiger partial charge < -0.3 is 10.2 Å². The van der Waals surface area contributed by atoms with E-state index in [-0.39, 0.29) is 6.61 Å². The zero-order valence-corrected chi connectivity index (χ0v) is 14.0. The zero-order valence-electron chi connectivity index (χ0n) is 14.0. The van der Waals surface area contributed by atoms with Gasteiger partial charge >= 0.3 is 0 Å². The van der Waals surface area contributed by atoms with Crippen molar-refractivity contribution in [2.24, 2.45) is 0 Å². The number of hydrogen-bond donors (Lipinski definition) is 2. The molecule has 0 saturated carbocycles.